The fourth-order valence-electron chi connectivity index (χ4n) is 2.57. The van der Waals surface area contributed by atoms with Crippen molar-refractivity contribution in [3.05, 3.63) is 70.4 Å². The van der Waals surface area contributed by atoms with Gasteiger partial charge in [-0.2, -0.15) is 0 Å². The van der Waals surface area contributed by atoms with Crippen LogP contribution >= 0.6 is 0 Å². The number of hydrogen-bond donors (Lipinski definition) is 1. The molecule has 1 heterocycles. The molecule has 0 spiro atoms. The number of aryl methyl sites for hydroxylation is 2. The number of phenols is 1. The summed E-state index contributed by atoms with van der Waals surface area (Å²) in [4.78, 5) is 16.0. The molecular formula is C20H18FNO4. The lowest BCUT2D eigenvalue weighted by molar-refractivity contribution is 0.0590. The number of ether oxygens (including phenoxy) is 1. The Kier molecular flexibility index (Phi) is 5.02. The molecule has 26 heavy (non-hydrogen) atoms. The van der Waals surface area contributed by atoms with E-state index in [1.165, 1.54) is 12.3 Å². The van der Waals surface area contributed by atoms with Gasteiger partial charge in [0.25, 0.3) is 0 Å². The summed E-state index contributed by atoms with van der Waals surface area (Å²) < 4.78 is 23.9. The first-order valence-electron chi connectivity index (χ1n) is 8.15. The van der Waals surface area contributed by atoms with Crippen molar-refractivity contribution in [3.8, 4) is 5.75 Å². The molecule has 3 rings (SSSR count). The van der Waals surface area contributed by atoms with Crippen LogP contribution in [0.25, 0.3) is 12.2 Å². The smallest absolute Gasteiger partial charge is 0.381 e. The zero-order chi connectivity index (χ0) is 18.7. The van der Waals surface area contributed by atoms with Crippen molar-refractivity contribution in [2.24, 2.45) is 0 Å². The van der Waals surface area contributed by atoms with Crippen LogP contribution in [0.3, 0.4) is 0 Å². The van der Waals surface area contributed by atoms with E-state index in [9.17, 15) is 14.3 Å². The molecule has 0 saturated heterocycles. The number of hydrogen-bond acceptors (Lipinski definition) is 5. The number of oxazole rings is 1. The minimum Gasteiger partial charge on any atom is -0.507 e. The molecule has 0 aliphatic heterocycles. The standard InChI is InChI=1S/C20H18FNO4/c1-12-9-14(10-13(2)19(12)23)7-8-18-22-11-17(25-18)20(24)26-16-6-4-3-5-15(16)21/h4,6-11,23H,3,5H2,1-2H3/b8-7+. The highest BCUT2D eigenvalue weighted by Crippen LogP contribution is 2.24. The van der Waals surface area contributed by atoms with E-state index in [1.807, 2.05) is 26.0 Å². The van der Waals surface area contributed by atoms with Gasteiger partial charge < -0.3 is 14.3 Å². The first kappa shape index (κ1) is 17.7. The third-order valence-electron chi connectivity index (χ3n) is 3.93. The average Bonchev–Trinajstić information content (AvgIpc) is 3.09. The molecule has 2 aromatic rings. The molecule has 134 valence electrons. The monoisotopic (exact) mass is 355 g/mol. The molecule has 1 aromatic carbocycles. The molecule has 0 amide bonds. The number of halogens is 1. The van der Waals surface area contributed by atoms with Gasteiger partial charge in [0.2, 0.25) is 11.7 Å². The Morgan fingerprint density at radius 3 is 2.73 bits per heavy atom. The minimum atomic E-state index is -0.801. The van der Waals surface area contributed by atoms with Crippen LogP contribution in [0, 0.1) is 13.8 Å². The zero-order valence-corrected chi connectivity index (χ0v) is 14.5. The Bertz CT molecular complexity index is 914. The third-order valence-corrected chi connectivity index (χ3v) is 3.93. The van der Waals surface area contributed by atoms with Gasteiger partial charge in [0.05, 0.1) is 6.20 Å². The van der Waals surface area contributed by atoms with Crippen molar-refractivity contribution in [2.75, 3.05) is 0 Å². The van der Waals surface area contributed by atoms with Crippen molar-refractivity contribution in [1.29, 1.82) is 0 Å². The number of allylic oxidation sites excluding steroid dienone is 3. The van der Waals surface area contributed by atoms with Gasteiger partial charge in [-0.1, -0.05) is 6.08 Å². The van der Waals surface area contributed by atoms with Crippen LogP contribution in [0.1, 0.15) is 46.0 Å². The van der Waals surface area contributed by atoms with E-state index in [0.717, 1.165) is 16.7 Å². The molecular weight excluding hydrogens is 337 g/mol. The number of carbonyl (C=O) groups is 1. The molecule has 0 bridgehead atoms. The Balaban J connectivity index is 1.72. The van der Waals surface area contributed by atoms with E-state index >= 15 is 0 Å². The Hall–Kier alpha value is -3.15. The molecule has 1 aromatic heterocycles. The van der Waals surface area contributed by atoms with Crippen LogP contribution in [0.15, 0.2) is 46.5 Å². The van der Waals surface area contributed by atoms with Crippen LogP contribution in [0.5, 0.6) is 5.75 Å². The summed E-state index contributed by atoms with van der Waals surface area (Å²) in [7, 11) is 0. The van der Waals surface area contributed by atoms with E-state index in [2.05, 4.69) is 4.98 Å². The van der Waals surface area contributed by atoms with Gasteiger partial charge >= 0.3 is 5.97 Å². The van der Waals surface area contributed by atoms with Gasteiger partial charge in [-0.3, -0.25) is 0 Å². The van der Waals surface area contributed by atoms with Gasteiger partial charge in [-0.05, 0) is 61.2 Å². The summed E-state index contributed by atoms with van der Waals surface area (Å²) in [5, 5.41) is 9.79. The normalized spacial score (nSPS) is 14.3. The fourth-order valence-corrected chi connectivity index (χ4v) is 2.57. The molecule has 0 unspecified atom stereocenters. The lowest BCUT2D eigenvalue weighted by Gasteiger charge is -2.08. The Morgan fingerprint density at radius 1 is 1.31 bits per heavy atom. The summed E-state index contributed by atoms with van der Waals surface area (Å²) in [6.07, 6.45) is 8.57. The van der Waals surface area contributed by atoms with Crippen molar-refractivity contribution in [3.63, 3.8) is 0 Å². The topological polar surface area (TPSA) is 72.6 Å². The molecule has 6 heteroatoms. The first-order chi connectivity index (χ1) is 12.4. The maximum absolute atomic E-state index is 13.6. The third kappa shape index (κ3) is 3.91. The summed E-state index contributed by atoms with van der Waals surface area (Å²) in [6.45, 7) is 3.62. The minimum absolute atomic E-state index is 0.0928. The van der Waals surface area contributed by atoms with Crippen LogP contribution in [0.2, 0.25) is 0 Å². The lowest BCUT2D eigenvalue weighted by atomic mass is 10.1. The molecule has 1 aliphatic carbocycles. The summed E-state index contributed by atoms with van der Waals surface area (Å²) in [5.41, 5.74) is 2.38. The highest BCUT2D eigenvalue weighted by atomic mass is 19.1. The predicted molar refractivity (Wildman–Crippen MR) is 94.9 cm³/mol. The lowest BCUT2D eigenvalue weighted by Crippen LogP contribution is -2.05. The summed E-state index contributed by atoms with van der Waals surface area (Å²) >= 11 is 0. The summed E-state index contributed by atoms with van der Waals surface area (Å²) in [6, 6.07) is 3.64. The van der Waals surface area contributed by atoms with E-state index in [-0.39, 0.29) is 29.6 Å². The Morgan fingerprint density at radius 2 is 2.04 bits per heavy atom. The van der Waals surface area contributed by atoms with Crippen LogP contribution in [-0.2, 0) is 4.74 Å². The first-order valence-corrected chi connectivity index (χ1v) is 8.15. The number of rotatable bonds is 4. The van der Waals surface area contributed by atoms with Crippen molar-refractivity contribution in [2.45, 2.75) is 26.7 Å². The second-order valence-electron chi connectivity index (χ2n) is 6.00. The van der Waals surface area contributed by atoms with E-state index in [1.54, 1.807) is 18.2 Å². The highest BCUT2D eigenvalue weighted by molar-refractivity contribution is 5.87. The predicted octanol–water partition coefficient (Wildman–Crippen LogP) is 4.86. The van der Waals surface area contributed by atoms with Gasteiger partial charge in [0, 0.05) is 12.5 Å². The molecule has 0 atom stereocenters. The quantitative estimate of drug-likeness (QED) is 0.793. The number of carbonyl (C=O) groups excluding carboxylic acids is 1. The van der Waals surface area contributed by atoms with Gasteiger partial charge in [-0.25, -0.2) is 14.2 Å². The summed E-state index contributed by atoms with van der Waals surface area (Å²) in [5.74, 6) is -0.980. The molecule has 5 nitrogen and oxygen atoms in total. The number of esters is 1. The van der Waals surface area contributed by atoms with Crippen molar-refractivity contribution >= 4 is 18.1 Å². The van der Waals surface area contributed by atoms with E-state index in [0.29, 0.717) is 6.42 Å². The average molecular weight is 355 g/mol. The van der Waals surface area contributed by atoms with Crippen LogP contribution in [0.4, 0.5) is 4.39 Å². The molecule has 0 fully saturated rings. The largest absolute Gasteiger partial charge is 0.507 e. The highest BCUT2D eigenvalue weighted by Gasteiger charge is 2.18. The second kappa shape index (κ2) is 7.39. The molecule has 0 radical (unpaired) electrons. The number of aromatic nitrogens is 1. The second-order valence-corrected chi connectivity index (χ2v) is 6.00. The Labute approximate surface area is 150 Å². The molecule has 1 aliphatic rings. The number of aromatic hydroxyl groups is 1. The van der Waals surface area contributed by atoms with Crippen LogP contribution in [-0.4, -0.2) is 16.1 Å². The van der Waals surface area contributed by atoms with E-state index < -0.39 is 11.8 Å². The molecule has 1 N–H and O–H groups in total. The number of benzene rings is 1. The van der Waals surface area contributed by atoms with Gasteiger partial charge in [0.15, 0.2) is 5.76 Å². The SMILES string of the molecule is Cc1cc(/C=C/c2ncc(C(=O)OC3=C(F)CCC=C3)o2)cc(C)c1O. The maximum Gasteiger partial charge on any atom is 0.381 e. The molecule has 0 saturated carbocycles. The van der Waals surface area contributed by atoms with Crippen molar-refractivity contribution in [1.82, 2.24) is 4.98 Å². The fraction of sp³-hybridized carbons (Fsp3) is 0.200. The van der Waals surface area contributed by atoms with Gasteiger partial charge in [-0.15, -0.1) is 0 Å². The van der Waals surface area contributed by atoms with Crippen LogP contribution < -0.4 is 0 Å². The van der Waals surface area contributed by atoms with Gasteiger partial charge in [0.1, 0.15) is 11.6 Å². The zero-order valence-electron chi connectivity index (χ0n) is 14.5. The maximum atomic E-state index is 13.6. The van der Waals surface area contributed by atoms with E-state index in [4.69, 9.17) is 9.15 Å². The number of phenolic OH excluding ortho intramolecular Hbond substituents is 1. The number of nitrogens with zero attached hydrogens (tertiary/aromatic N) is 1. The van der Waals surface area contributed by atoms with Crippen molar-refractivity contribution < 1.29 is 23.4 Å².